The van der Waals surface area contributed by atoms with E-state index >= 15 is 0 Å². The zero-order chi connectivity index (χ0) is 13.0. The van der Waals surface area contributed by atoms with E-state index in [9.17, 15) is 0 Å². The standard InChI is InChI=1S/C14H23N3O/c1-4-15-10-12-9-13(5-7-16-12)17(3)14-6-8-18-11(14)2/h5,7,9,11,14-15H,4,6,8,10H2,1-3H3. The van der Waals surface area contributed by atoms with Crippen LogP contribution in [0.15, 0.2) is 18.3 Å². The summed E-state index contributed by atoms with van der Waals surface area (Å²) in [7, 11) is 2.14. The molecule has 0 saturated carbocycles. The Kier molecular flexibility index (Phi) is 4.55. The molecule has 18 heavy (non-hydrogen) atoms. The fourth-order valence-corrected chi connectivity index (χ4v) is 2.46. The van der Waals surface area contributed by atoms with E-state index in [0.29, 0.717) is 12.1 Å². The molecule has 1 aromatic heterocycles. The van der Waals surface area contributed by atoms with Gasteiger partial charge < -0.3 is 15.0 Å². The lowest BCUT2D eigenvalue weighted by atomic mass is 10.1. The quantitative estimate of drug-likeness (QED) is 0.863. The number of hydrogen-bond acceptors (Lipinski definition) is 4. The van der Waals surface area contributed by atoms with E-state index in [4.69, 9.17) is 4.74 Å². The van der Waals surface area contributed by atoms with Crippen molar-refractivity contribution in [2.45, 2.75) is 39.0 Å². The molecule has 2 unspecified atom stereocenters. The van der Waals surface area contributed by atoms with Crippen LogP contribution < -0.4 is 10.2 Å². The molecule has 0 spiro atoms. The molecule has 4 nitrogen and oxygen atoms in total. The maximum absolute atomic E-state index is 5.63. The first-order chi connectivity index (χ1) is 8.72. The van der Waals surface area contributed by atoms with Gasteiger partial charge in [0.05, 0.1) is 17.8 Å². The first-order valence-electron chi connectivity index (χ1n) is 6.72. The van der Waals surface area contributed by atoms with Gasteiger partial charge in [0.15, 0.2) is 0 Å². The molecular formula is C14H23N3O. The zero-order valence-electron chi connectivity index (χ0n) is 11.5. The summed E-state index contributed by atoms with van der Waals surface area (Å²) < 4.78 is 5.63. The molecule has 0 radical (unpaired) electrons. The molecule has 1 saturated heterocycles. The molecule has 2 atom stereocenters. The summed E-state index contributed by atoms with van der Waals surface area (Å²) >= 11 is 0. The smallest absolute Gasteiger partial charge is 0.0750 e. The Balaban J connectivity index is 2.07. The Morgan fingerprint density at radius 3 is 3.06 bits per heavy atom. The SMILES string of the molecule is CCNCc1cc(N(C)C2CCOC2C)ccn1. The number of hydrogen-bond donors (Lipinski definition) is 1. The van der Waals surface area contributed by atoms with Gasteiger partial charge in [-0.1, -0.05) is 6.92 Å². The fraction of sp³-hybridized carbons (Fsp3) is 0.643. The van der Waals surface area contributed by atoms with Crippen molar-refractivity contribution in [2.75, 3.05) is 25.1 Å². The first kappa shape index (κ1) is 13.3. The second kappa shape index (κ2) is 6.16. The fourth-order valence-electron chi connectivity index (χ4n) is 2.46. The van der Waals surface area contributed by atoms with Gasteiger partial charge in [-0.05, 0) is 32.0 Å². The third kappa shape index (κ3) is 3.00. The lowest BCUT2D eigenvalue weighted by Gasteiger charge is -2.29. The average molecular weight is 249 g/mol. The maximum atomic E-state index is 5.63. The zero-order valence-corrected chi connectivity index (χ0v) is 11.5. The average Bonchev–Trinajstić information content (AvgIpc) is 2.82. The summed E-state index contributed by atoms with van der Waals surface area (Å²) in [6, 6.07) is 4.70. The van der Waals surface area contributed by atoms with Crippen LogP contribution in [0.4, 0.5) is 5.69 Å². The van der Waals surface area contributed by atoms with Gasteiger partial charge >= 0.3 is 0 Å². The predicted octanol–water partition coefficient (Wildman–Crippen LogP) is 1.80. The van der Waals surface area contributed by atoms with Crippen LogP contribution in [0.5, 0.6) is 0 Å². The van der Waals surface area contributed by atoms with Crippen molar-refractivity contribution in [3.8, 4) is 0 Å². The molecule has 2 heterocycles. The summed E-state index contributed by atoms with van der Waals surface area (Å²) in [4.78, 5) is 6.70. The monoisotopic (exact) mass is 249 g/mol. The summed E-state index contributed by atoms with van der Waals surface area (Å²) in [5.41, 5.74) is 2.31. The van der Waals surface area contributed by atoms with Crippen molar-refractivity contribution in [3.63, 3.8) is 0 Å². The van der Waals surface area contributed by atoms with Crippen LogP contribution in [0.2, 0.25) is 0 Å². The van der Waals surface area contributed by atoms with Crippen LogP contribution in [0.3, 0.4) is 0 Å². The Hall–Kier alpha value is -1.13. The van der Waals surface area contributed by atoms with E-state index < -0.39 is 0 Å². The van der Waals surface area contributed by atoms with Gasteiger partial charge in [0.2, 0.25) is 0 Å². The van der Waals surface area contributed by atoms with Gasteiger partial charge in [0.1, 0.15) is 0 Å². The summed E-state index contributed by atoms with van der Waals surface area (Å²) in [6.45, 7) is 6.91. The van der Waals surface area contributed by atoms with Gasteiger partial charge in [-0.15, -0.1) is 0 Å². The normalized spacial score (nSPS) is 23.3. The lowest BCUT2D eigenvalue weighted by molar-refractivity contribution is 0.118. The molecule has 0 aromatic carbocycles. The van der Waals surface area contributed by atoms with Crippen LogP contribution in [-0.4, -0.2) is 37.3 Å². The predicted molar refractivity (Wildman–Crippen MR) is 73.8 cm³/mol. The molecule has 0 aliphatic carbocycles. The highest BCUT2D eigenvalue weighted by atomic mass is 16.5. The molecule has 1 fully saturated rings. The van der Waals surface area contributed by atoms with E-state index in [0.717, 1.165) is 31.8 Å². The minimum atomic E-state index is 0.306. The number of rotatable bonds is 5. The van der Waals surface area contributed by atoms with E-state index in [1.165, 1.54) is 5.69 Å². The number of nitrogens with zero attached hydrogens (tertiary/aromatic N) is 2. The van der Waals surface area contributed by atoms with Crippen molar-refractivity contribution in [1.82, 2.24) is 10.3 Å². The van der Waals surface area contributed by atoms with Crippen LogP contribution >= 0.6 is 0 Å². The Morgan fingerprint density at radius 1 is 1.56 bits per heavy atom. The number of anilines is 1. The second-order valence-corrected chi connectivity index (χ2v) is 4.83. The third-order valence-corrected chi connectivity index (χ3v) is 3.60. The Bertz CT molecular complexity index is 383. The minimum absolute atomic E-state index is 0.306. The summed E-state index contributed by atoms with van der Waals surface area (Å²) in [5, 5.41) is 3.30. The molecule has 0 bridgehead atoms. The van der Waals surface area contributed by atoms with Crippen LogP contribution in [-0.2, 0) is 11.3 Å². The maximum Gasteiger partial charge on any atom is 0.0750 e. The minimum Gasteiger partial charge on any atom is -0.376 e. The van der Waals surface area contributed by atoms with Crippen LogP contribution in [0, 0.1) is 0 Å². The molecule has 0 amide bonds. The molecule has 4 heteroatoms. The number of nitrogens with one attached hydrogen (secondary N) is 1. The molecule has 2 rings (SSSR count). The van der Waals surface area contributed by atoms with Crippen molar-refractivity contribution >= 4 is 5.69 Å². The lowest BCUT2D eigenvalue weighted by Crippen LogP contribution is -2.36. The van der Waals surface area contributed by atoms with Gasteiger partial charge in [-0.3, -0.25) is 4.98 Å². The number of aromatic nitrogens is 1. The molecular weight excluding hydrogens is 226 g/mol. The summed E-state index contributed by atoms with van der Waals surface area (Å²) in [6.07, 6.45) is 3.29. The molecule has 1 aliphatic rings. The highest BCUT2D eigenvalue weighted by molar-refractivity contribution is 5.47. The Labute approximate surface area is 109 Å². The van der Waals surface area contributed by atoms with Gasteiger partial charge in [0, 0.05) is 32.1 Å². The van der Waals surface area contributed by atoms with Crippen LogP contribution in [0.1, 0.15) is 26.0 Å². The topological polar surface area (TPSA) is 37.4 Å². The van der Waals surface area contributed by atoms with Gasteiger partial charge in [0.25, 0.3) is 0 Å². The highest BCUT2D eigenvalue weighted by Gasteiger charge is 2.28. The summed E-state index contributed by atoms with van der Waals surface area (Å²) in [5.74, 6) is 0. The number of likely N-dealkylation sites (N-methyl/N-ethyl adjacent to an activating group) is 1. The van der Waals surface area contributed by atoms with E-state index in [-0.39, 0.29) is 0 Å². The van der Waals surface area contributed by atoms with Crippen molar-refractivity contribution < 1.29 is 4.74 Å². The highest BCUT2D eigenvalue weighted by Crippen LogP contribution is 2.24. The number of ether oxygens (including phenoxy) is 1. The molecule has 1 N–H and O–H groups in total. The van der Waals surface area contributed by atoms with Crippen molar-refractivity contribution in [3.05, 3.63) is 24.0 Å². The molecule has 1 aliphatic heterocycles. The first-order valence-corrected chi connectivity index (χ1v) is 6.72. The van der Waals surface area contributed by atoms with Crippen LogP contribution in [0.25, 0.3) is 0 Å². The largest absolute Gasteiger partial charge is 0.376 e. The van der Waals surface area contributed by atoms with E-state index in [2.05, 4.69) is 48.2 Å². The molecule has 1 aromatic rings. The number of pyridine rings is 1. The van der Waals surface area contributed by atoms with Gasteiger partial charge in [-0.25, -0.2) is 0 Å². The third-order valence-electron chi connectivity index (χ3n) is 3.60. The second-order valence-electron chi connectivity index (χ2n) is 4.83. The van der Waals surface area contributed by atoms with Gasteiger partial charge in [-0.2, -0.15) is 0 Å². The van der Waals surface area contributed by atoms with E-state index in [1.54, 1.807) is 0 Å². The van der Waals surface area contributed by atoms with Crippen molar-refractivity contribution in [1.29, 1.82) is 0 Å². The van der Waals surface area contributed by atoms with Crippen molar-refractivity contribution in [2.24, 2.45) is 0 Å². The van der Waals surface area contributed by atoms with E-state index in [1.807, 2.05) is 6.20 Å². The Morgan fingerprint density at radius 2 is 2.39 bits per heavy atom. The molecule has 100 valence electrons.